The van der Waals surface area contributed by atoms with Crippen LogP contribution >= 0.6 is 11.6 Å². The lowest BCUT2D eigenvalue weighted by molar-refractivity contribution is -0.116. The highest BCUT2D eigenvalue weighted by Gasteiger charge is 2.12. The van der Waals surface area contributed by atoms with Gasteiger partial charge in [0.05, 0.1) is 12.7 Å². The SMILES string of the molecule is COc1ccccc1C(=O)NCCC(=O)Nc1cccc(Cl)c1C. The second-order valence-electron chi connectivity index (χ2n) is 5.17. The highest BCUT2D eigenvalue weighted by molar-refractivity contribution is 6.31. The van der Waals surface area contributed by atoms with Gasteiger partial charge in [0, 0.05) is 23.7 Å². The van der Waals surface area contributed by atoms with E-state index in [4.69, 9.17) is 16.3 Å². The Hall–Kier alpha value is -2.53. The number of anilines is 1. The van der Waals surface area contributed by atoms with E-state index in [0.717, 1.165) is 5.56 Å². The second kappa shape index (κ2) is 8.36. The average molecular weight is 347 g/mol. The van der Waals surface area contributed by atoms with Crippen LogP contribution in [0.15, 0.2) is 42.5 Å². The number of hydrogen-bond acceptors (Lipinski definition) is 3. The number of para-hydroxylation sites is 1. The maximum absolute atomic E-state index is 12.1. The summed E-state index contributed by atoms with van der Waals surface area (Å²) in [5.74, 6) is 0.0221. The van der Waals surface area contributed by atoms with Crippen LogP contribution in [0.2, 0.25) is 5.02 Å². The summed E-state index contributed by atoms with van der Waals surface area (Å²) in [6, 6.07) is 12.2. The summed E-state index contributed by atoms with van der Waals surface area (Å²) in [7, 11) is 1.51. The van der Waals surface area contributed by atoms with Crippen LogP contribution in [-0.2, 0) is 4.79 Å². The molecule has 0 aliphatic carbocycles. The van der Waals surface area contributed by atoms with Crippen molar-refractivity contribution in [3.8, 4) is 5.75 Å². The summed E-state index contributed by atoms with van der Waals surface area (Å²) < 4.78 is 5.14. The lowest BCUT2D eigenvalue weighted by Gasteiger charge is -2.11. The van der Waals surface area contributed by atoms with Gasteiger partial charge in [-0.05, 0) is 36.8 Å². The molecule has 6 heteroatoms. The molecule has 0 aromatic heterocycles. The van der Waals surface area contributed by atoms with Gasteiger partial charge >= 0.3 is 0 Å². The molecule has 24 heavy (non-hydrogen) atoms. The van der Waals surface area contributed by atoms with Gasteiger partial charge < -0.3 is 15.4 Å². The molecule has 0 saturated heterocycles. The third-order valence-electron chi connectivity index (χ3n) is 3.53. The molecule has 2 N–H and O–H groups in total. The molecule has 0 unspecified atom stereocenters. The van der Waals surface area contributed by atoms with Crippen molar-refractivity contribution < 1.29 is 14.3 Å². The van der Waals surface area contributed by atoms with Crippen LogP contribution in [0.5, 0.6) is 5.75 Å². The number of rotatable bonds is 6. The fourth-order valence-corrected chi connectivity index (χ4v) is 2.35. The number of halogens is 1. The molecule has 2 amide bonds. The Morgan fingerprint density at radius 3 is 2.62 bits per heavy atom. The minimum Gasteiger partial charge on any atom is -0.496 e. The average Bonchev–Trinajstić information content (AvgIpc) is 2.58. The molecular formula is C18H19ClN2O3. The van der Waals surface area contributed by atoms with Crippen LogP contribution in [0.3, 0.4) is 0 Å². The van der Waals surface area contributed by atoms with Gasteiger partial charge in [-0.15, -0.1) is 0 Å². The lowest BCUT2D eigenvalue weighted by atomic mass is 10.2. The minimum atomic E-state index is -0.279. The number of carbonyl (C=O) groups is 2. The molecule has 0 radical (unpaired) electrons. The number of nitrogens with one attached hydrogen (secondary N) is 2. The van der Waals surface area contributed by atoms with Crippen molar-refractivity contribution in [1.82, 2.24) is 5.32 Å². The first kappa shape index (κ1) is 17.8. The molecule has 0 aliphatic heterocycles. The van der Waals surface area contributed by atoms with Crippen molar-refractivity contribution in [2.45, 2.75) is 13.3 Å². The van der Waals surface area contributed by atoms with Crippen LogP contribution in [0.25, 0.3) is 0 Å². The van der Waals surface area contributed by atoms with Gasteiger partial charge in [-0.2, -0.15) is 0 Å². The Labute approximate surface area is 146 Å². The van der Waals surface area contributed by atoms with Crippen molar-refractivity contribution >= 4 is 29.1 Å². The number of carbonyl (C=O) groups excluding carboxylic acids is 2. The first-order valence-electron chi connectivity index (χ1n) is 7.49. The molecule has 2 rings (SSSR count). The van der Waals surface area contributed by atoms with E-state index in [-0.39, 0.29) is 24.8 Å². The highest BCUT2D eigenvalue weighted by atomic mass is 35.5. The van der Waals surface area contributed by atoms with Crippen LogP contribution in [-0.4, -0.2) is 25.5 Å². The van der Waals surface area contributed by atoms with E-state index in [2.05, 4.69) is 10.6 Å². The predicted molar refractivity (Wildman–Crippen MR) is 94.8 cm³/mol. The van der Waals surface area contributed by atoms with Crippen LogP contribution in [0.4, 0.5) is 5.69 Å². The zero-order valence-corrected chi connectivity index (χ0v) is 14.3. The van der Waals surface area contributed by atoms with Gasteiger partial charge in [0.25, 0.3) is 5.91 Å². The van der Waals surface area contributed by atoms with Gasteiger partial charge in [-0.3, -0.25) is 9.59 Å². The summed E-state index contributed by atoms with van der Waals surface area (Å²) >= 11 is 6.02. The first-order chi connectivity index (χ1) is 11.5. The Morgan fingerprint density at radius 1 is 1.12 bits per heavy atom. The van der Waals surface area contributed by atoms with Crippen molar-refractivity contribution in [3.05, 3.63) is 58.6 Å². The number of hydrogen-bond donors (Lipinski definition) is 2. The normalized spacial score (nSPS) is 10.1. The molecule has 0 atom stereocenters. The van der Waals surface area contributed by atoms with Crippen molar-refractivity contribution in [1.29, 1.82) is 0 Å². The van der Waals surface area contributed by atoms with E-state index in [0.29, 0.717) is 22.0 Å². The fourth-order valence-electron chi connectivity index (χ4n) is 2.17. The van der Waals surface area contributed by atoms with Crippen LogP contribution in [0.1, 0.15) is 22.3 Å². The van der Waals surface area contributed by atoms with E-state index in [1.54, 1.807) is 42.5 Å². The maximum Gasteiger partial charge on any atom is 0.255 e. The number of ether oxygens (including phenoxy) is 1. The molecule has 0 bridgehead atoms. The number of benzene rings is 2. The third kappa shape index (κ3) is 4.49. The van der Waals surface area contributed by atoms with Crippen molar-refractivity contribution in [3.63, 3.8) is 0 Å². The van der Waals surface area contributed by atoms with Gasteiger partial charge in [0.1, 0.15) is 5.75 Å². The summed E-state index contributed by atoms with van der Waals surface area (Å²) in [5.41, 5.74) is 1.92. The largest absolute Gasteiger partial charge is 0.496 e. The van der Waals surface area contributed by atoms with E-state index in [9.17, 15) is 9.59 Å². The van der Waals surface area contributed by atoms with Gasteiger partial charge in [-0.25, -0.2) is 0 Å². The summed E-state index contributed by atoms with van der Waals surface area (Å²) in [4.78, 5) is 24.1. The van der Waals surface area contributed by atoms with Crippen LogP contribution in [0, 0.1) is 6.92 Å². The predicted octanol–water partition coefficient (Wildman–Crippen LogP) is 3.42. The van der Waals surface area contributed by atoms with E-state index < -0.39 is 0 Å². The summed E-state index contributed by atoms with van der Waals surface area (Å²) in [5, 5.41) is 6.09. The number of methoxy groups -OCH3 is 1. The Kier molecular flexibility index (Phi) is 6.21. The molecular weight excluding hydrogens is 328 g/mol. The zero-order valence-electron chi connectivity index (χ0n) is 13.6. The maximum atomic E-state index is 12.1. The first-order valence-corrected chi connectivity index (χ1v) is 7.87. The van der Waals surface area contributed by atoms with Crippen molar-refractivity contribution in [2.24, 2.45) is 0 Å². The Morgan fingerprint density at radius 2 is 1.88 bits per heavy atom. The molecule has 0 spiro atoms. The van der Waals surface area contributed by atoms with Crippen LogP contribution < -0.4 is 15.4 Å². The zero-order chi connectivity index (χ0) is 17.5. The highest BCUT2D eigenvalue weighted by Crippen LogP contribution is 2.23. The van der Waals surface area contributed by atoms with Gasteiger partial charge in [0.2, 0.25) is 5.91 Å². The lowest BCUT2D eigenvalue weighted by Crippen LogP contribution is -2.28. The summed E-state index contributed by atoms with van der Waals surface area (Å²) in [6.45, 7) is 2.06. The fraction of sp³-hybridized carbons (Fsp3) is 0.222. The van der Waals surface area contributed by atoms with E-state index in [1.807, 2.05) is 6.92 Å². The summed E-state index contributed by atoms with van der Waals surface area (Å²) in [6.07, 6.45) is 0.160. The molecule has 5 nitrogen and oxygen atoms in total. The molecule has 2 aromatic carbocycles. The van der Waals surface area contributed by atoms with Gasteiger partial charge in [-0.1, -0.05) is 29.8 Å². The smallest absolute Gasteiger partial charge is 0.255 e. The standard InChI is InChI=1S/C18H19ClN2O3/c1-12-14(19)7-5-8-15(12)21-17(22)10-11-20-18(23)13-6-3-4-9-16(13)24-2/h3-9H,10-11H2,1-2H3,(H,20,23)(H,21,22). The topological polar surface area (TPSA) is 67.4 Å². The van der Waals surface area contributed by atoms with Crippen molar-refractivity contribution in [2.75, 3.05) is 19.0 Å². The molecule has 0 heterocycles. The second-order valence-corrected chi connectivity index (χ2v) is 5.57. The van der Waals surface area contributed by atoms with Gasteiger partial charge in [0.15, 0.2) is 0 Å². The molecule has 0 aliphatic rings. The van der Waals surface area contributed by atoms with E-state index >= 15 is 0 Å². The third-order valence-corrected chi connectivity index (χ3v) is 3.94. The Balaban J connectivity index is 1.86. The molecule has 0 saturated carbocycles. The molecule has 2 aromatic rings. The number of amides is 2. The Bertz CT molecular complexity index is 747. The quantitative estimate of drug-likeness (QED) is 0.842. The minimum absolute atomic E-state index is 0.160. The molecule has 0 fully saturated rings. The van der Waals surface area contributed by atoms with E-state index in [1.165, 1.54) is 7.11 Å². The monoisotopic (exact) mass is 346 g/mol. The molecule has 126 valence electrons.